The van der Waals surface area contributed by atoms with E-state index < -0.39 is 11.4 Å². The van der Waals surface area contributed by atoms with Gasteiger partial charge in [0.05, 0.1) is 18.2 Å². The van der Waals surface area contributed by atoms with E-state index in [1.165, 1.54) is 19.4 Å². The molecule has 0 bridgehead atoms. The van der Waals surface area contributed by atoms with Gasteiger partial charge in [-0.2, -0.15) is 0 Å². The molecule has 1 unspecified atom stereocenters. The van der Waals surface area contributed by atoms with Gasteiger partial charge in [-0.25, -0.2) is 9.37 Å². The Kier molecular flexibility index (Phi) is 4.40. The first-order chi connectivity index (χ1) is 8.38. The molecule has 0 aromatic carbocycles. The lowest BCUT2D eigenvalue weighted by atomic mass is 9.87. The second-order valence-electron chi connectivity index (χ2n) is 4.53. The van der Waals surface area contributed by atoms with Gasteiger partial charge >= 0.3 is 0 Å². The molecule has 5 heteroatoms. The highest BCUT2D eigenvalue weighted by atomic mass is 19.1. The molecule has 0 aliphatic rings. The zero-order valence-electron chi connectivity index (χ0n) is 11.5. The van der Waals surface area contributed by atoms with E-state index in [2.05, 4.69) is 4.98 Å². The number of aromatic nitrogens is 1. The molecule has 0 fully saturated rings. The number of nitrogens with zero attached hydrogens (tertiary/aromatic N) is 2. The van der Waals surface area contributed by atoms with Crippen LogP contribution in [0.2, 0.25) is 0 Å². The van der Waals surface area contributed by atoms with Gasteiger partial charge in [0.25, 0.3) is 5.88 Å². The van der Waals surface area contributed by atoms with Gasteiger partial charge in [-0.15, -0.1) is 0 Å². The lowest BCUT2D eigenvalue weighted by Gasteiger charge is -2.34. The number of carbonyl (C=O) groups is 1. The zero-order valence-corrected chi connectivity index (χ0v) is 11.5. The van der Waals surface area contributed by atoms with E-state index in [1.807, 2.05) is 6.92 Å². The van der Waals surface area contributed by atoms with Crippen LogP contribution in [0.15, 0.2) is 12.3 Å². The summed E-state index contributed by atoms with van der Waals surface area (Å²) >= 11 is 0. The predicted octanol–water partition coefficient (Wildman–Crippen LogP) is 2.14. The summed E-state index contributed by atoms with van der Waals surface area (Å²) in [5, 5.41) is 0. The molecule has 1 rings (SSSR count). The third-order valence-electron chi connectivity index (χ3n) is 3.46. The number of rotatable bonds is 5. The number of hydrogen-bond acceptors (Lipinski definition) is 4. The average molecular weight is 254 g/mol. The molecule has 1 aromatic rings. The summed E-state index contributed by atoms with van der Waals surface area (Å²) in [5.41, 5.74) is -0.729. The molecule has 0 radical (unpaired) electrons. The summed E-state index contributed by atoms with van der Waals surface area (Å²) in [5.74, 6) is -1.13. The van der Waals surface area contributed by atoms with Crippen molar-refractivity contribution in [3.8, 4) is 5.88 Å². The number of methoxy groups -OCH3 is 1. The van der Waals surface area contributed by atoms with Crippen LogP contribution >= 0.6 is 0 Å². The summed E-state index contributed by atoms with van der Waals surface area (Å²) in [6.07, 6.45) is 1.96. The number of ether oxygens (including phenoxy) is 1. The van der Waals surface area contributed by atoms with Crippen LogP contribution in [0.5, 0.6) is 5.88 Å². The molecule has 0 amide bonds. The third-order valence-corrected chi connectivity index (χ3v) is 3.46. The van der Waals surface area contributed by atoms with Gasteiger partial charge in [0.15, 0.2) is 11.6 Å². The van der Waals surface area contributed by atoms with Gasteiger partial charge < -0.3 is 4.74 Å². The number of halogens is 1. The first-order valence-corrected chi connectivity index (χ1v) is 5.79. The van der Waals surface area contributed by atoms with E-state index in [0.717, 1.165) is 0 Å². The first kappa shape index (κ1) is 14.6. The molecule has 0 aliphatic heterocycles. The van der Waals surface area contributed by atoms with E-state index >= 15 is 0 Å². The Morgan fingerprint density at radius 3 is 2.61 bits per heavy atom. The van der Waals surface area contributed by atoms with Crippen molar-refractivity contribution in [2.24, 2.45) is 0 Å². The first-order valence-electron chi connectivity index (χ1n) is 5.79. The van der Waals surface area contributed by atoms with Crippen molar-refractivity contribution in [3.63, 3.8) is 0 Å². The van der Waals surface area contributed by atoms with E-state index in [1.54, 1.807) is 25.9 Å². The number of Topliss-reactive ketones (excluding diaryl/α,β-unsaturated/α-hetero) is 1. The maximum Gasteiger partial charge on any atom is 0.250 e. The molecular weight excluding hydrogens is 235 g/mol. The lowest BCUT2D eigenvalue weighted by Crippen LogP contribution is -2.48. The predicted molar refractivity (Wildman–Crippen MR) is 67.5 cm³/mol. The molecule has 0 aliphatic carbocycles. The van der Waals surface area contributed by atoms with Crippen molar-refractivity contribution in [2.75, 3.05) is 21.2 Å². The van der Waals surface area contributed by atoms with E-state index in [-0.39, 0.29) is 17.2 Å². The quantitative estimate of drug-likeness (QED) is 0.755. The smallest absolute Gasteiger partial charge is 0.250 e. The van der Waals surface area contributed by atoms with Gasteiger partial charge in [0.1, 0.15) is 0 Å². The van der Waals surface area contributed by atoms with Gasteiger partial charge in [0.2, 0.25) is 0 Å². The van der Waals surface area contributed by atoms with Gasteiger partial charge in [0, 0.05) is 6.20 Å². The van der Waals surface area contributed by atoms with Crippen LogP contribution in [0.25, 0.3) is 0 Å². The summed E-state index contributed by atoms with van der Waals surface area (Å²) in [4.78, 5) is 18.0. The van der Waals surface area contributed by atoms with E-state index in [4.69, 9.17) is 4.74 Å². The van der Waals surface area contributed by atoms with Crippen LogP contribution < -0.4 is 4.74 Å². The second-order valence-corrected chi connectivity index (χ2v) is 4.53. The Bertz CT molecular complexity index is 449. The highest BCUT2D eigenvalue weighted by Gasteiger charge is 2.36. The summed E-state index contributed by atoms with van der Waals surface area (Å²) in [6, 6.07) is 1.39. The molecule has 4 nitrogen and oxygen atoms in total. The fraction of sp³-hybridized carbons (Fsp3) is 0.538. The van der Waals surface area contributed by atoms with Crippen molar-refractivity contribution < 1.29 is 13.9 Å². The fourth-order valence-corrected chi connectivity index (χ4v) is 1.71. The topological polar surface area (TPSA) is 42.4 Å². The van der Waals surface area contributed by atoms with Crippen molar-refractivity contribution in [1.29, 1.82) is 0 Å². The minimum absolute atomic E-state index is 0.0138. The normalized spacial score (nSPS) is 14.4. The summed E-state index contributed by atoms with van der Waals surface area (Å²) in [6.45, 7) is 3.69. The molecular formula is C13H19FN2O2. The van der Waals surface area contributed by atoms with E-state index in [0.29, 0.717) is 6.42 Å². The molecule has 18 heavy (non-hydrogen) atoms. The Morgan fingerprint density at radius 1 is 1.56 bits per heavy atom. The standard InChI is InChI=1S/C13H19FN2O2/c1-6-13(2,16(3)4)11(17)9-7-8-15-12(18-5)10(9)14/h7-8H,6H2,1-5H3. The van der Waals surface area contributed by atoms with Crippen LogP contribution in [-0.4, -0.2) is 42.4 Å². The average Bonchev–Trinajstić information content (AvgIpc) is 2.37. The summed E-state index contributed by atoms with van der Waals surface area (Å²) in [7, 11) is 4.93. The van der Waals surface area contributed by atoms with Crippen LogP contribution in [0, 0.1) is 5.82 Å². The highest BCUT2D eigenvalue weighted by Crippen LogP contribution is 2.26. The highest BCUT2D eigenvalue weighted by molar-refractivity contribution is 6.03. The fourth-order valence-electron chi connectivity index (χ4n) is 1.71. The number of likely N-dealkylation sites (N-methyl/N-ethyl adjacent to an activating group) is 1. The molecule has 0 saturated heterocycles. The van der Waals surface area contributed by atoms with Crippen LogP contribution in [0.4, 0.5) is 4.39 Å². The number of hydrogen-bond donors (Lipinski definition) is 0. The molecule has 100 valence electrons. The Morgan fingerprint density at radius 2 is 2.17 bits per heavy atom. The molecule has 1 aromatic heterocycles. The van der Waals surface area contributed by atoms with Crippen molar-refractivity contribution >= 4 is 5.78 Å². The van der Waals surface area contributed by atoms with E-state index in [9.17, 15) is 9.18 Å². The lowest BCUT2D eigenvalue weighted by molar-refractivity contribution is 0.0705. The summed E-state index contributed by atoms with van der Waals surface area (Å²) < 4.78 is 18.8. The molecule has 0 N–H and O–H groups in total. The Hall–Kier alpha value is -1.49. The van der Waals surface area contributed by atoms with Crippen molar-refractivity contribution in [2.45, 2.75) is 25.8 Å². The van der Waals surface area contributed by atoms with Crippen LogP contribution in [0.1, 0.15) is 30.6 Å². The zero-order chi connectivity index (χ0) is 13.9. The maximum atomic E-state index is 14.0. The maximum absolute atomic E-state index is 14.0. The Balaban J connectivity index is 3.26. The number of pyridine rings is 1. The minimum atomic E-state index is -0.743. The van der Waals surface area contributed by atoms with Gasteiger partial charge in [-0.3, -0.25) is 9.69 Å². The number of carbonyl (C=O) groups excluding carboxylic acids is 1. The van der Waals surface area contributed by atoms with Gasteiger partial charge in [-0.05, 0) is 33.5 Å². The van der Waals surface area contributed by atoms with Crippen molar-refractivity contribution in [1.82, 2.24) is 9.88 Å². The second kappa shape index (κ2) is 5.44. The molecule has 1 heterocycles. The molecule has 0 saturated carbocycles. The monoisotopic (exact) mass is 254 g/mol. The van der Waals surface area contributed by atoms with Crippen molar-refractivity contribution in [3.05, 3.63) is 23.6 Å². The SMILES string of the molecule is CCC(C)(C(=O)c1ccnc(OC)c1F)N(C)C. The number of ketones is 1. The third kappa shape index (κ3) is 2.36. The largest absolute Gasteiger partial charge is 0.479 e. The molecule has 1 atom stereocenters. The Labute approximate surface area is 107 Å². The van der Waals surface area contributed by atoms with Crippen LogP contribution in [0.3, 0.4) is 0 Å². The molecule has 0 spiro atoms. The minimum Gasteiger partial charge on any atom is -0.479 e. The van der Waals surface area contributed by atoms with Gasteiger partial charge in [-0.1, -0.05) is 6.92 Å². The van der Waals surface area contributed by atoms with Crippen LogP contribution in [-0.2, 0) is 0 Å².